The van der Waals surface area contributed by atoms with Gasteiger partial charge < -0.3 is 10.1 Å². The minimum atomic E-state index is -4.80. The molecule has 0 unspecified atom stereocenters. The molecule has 0 aliphatic rings. The molecule has 1 amide bonds. The Kier molecular flexibility index (Phi) is 6.19. The second kappa shape index (κ2) is 8.17. The minimum Gasteiger partial charge on any atom is -0.462 e. The van der Waals surface area contributed by atoms with Gasteiger partial charge in [0.25, 0.3) is 5.91 Å². The Morgan fingerprint density at radius 3 is 2.42 bits per heavy atom. The molecule has 1 heterocycles. The zero-order chi connectivity index (χ0) is 19.3. The molecule has 1 aromatic heterocycles. The fourth-order valence-corrected chi connectivity index (χ4v) is 2.29. The van der Waals surface area contributed by atoms with E-state index < -0.39 is 29.3 Å². The first kappa shape index (κ1) is 19.7. The monoisotopic (exact) mass is 385 g/mol. The zero-order valence-corrected chi connectivity index (χ0v) is 14.6. The van der Waals surface area contributed by atoms with Crippen molar-refractivity contribution < 1.29 is 27.5 Å². The number of rotatable bonds is 5. The van der Waals surface area contributed by atoms with E-state index >= 15 is 0 Å². The van der Waals surface area contributed by atoms with Gasteiger partial charge in [-0.25, -0.2) is 14.8 Å². The lowest BCUT2D eigenvalue weighted by atomic mass is 10.2. The summed E-state index contributed by atoms with van der Waals surface area (Å²) in [6.45, 7) is 1.87. The molecule has 2 aromatic rings. The van der Waals surface area contributed by atoms with Crippen molar-refractivity contribution in [2.45, 2.75) is 18.3 Å². The molecule has 2 rings (SSSR count). The van der Waals surface area contributed by atoms with Crippen LogP contribution in [0.1, 0.15) is 33.3 Å². The van der Waals surface area contributed by atoms with Crippen LogP contribution < -0.4 is 5.32 Å². The molecule has 0 aliphatic heterocycles. The van der Waals surface area contributed by atoms with Gasteiger partial charge in [0.2, 0.25) is 0 Å². The Bertz CT molecular complexity index is 811. The van der Waals surface area contributed by atoms with Gasteiger partial charge in [0, 0.05) is 11.9 Å². The van der Waals surface area contributed by atoms with Gasteiger partial charge in [-0.1, -0.05) is 11.8 Å². The van der Waals surface area contributed by atoms with E-state index in [0.717, 1.165) is 18.0 Å². The molecule has 0 spiro atoms. The van der Waals surface area contributed by atoms with Crippen LogP contribution in [0.2, 0.25) is 0 Å². The molecule has 1 N–H and O–H groups in total. The van der Waals surface area contributed by atoms with Crippen LogP contribution in [0, 0.1) is 0 Å². The van der Waals surface area contributed by atoms with Crippen molar-refractivity contribution in [1.29, 1.82) is 0 Å². The van der Waals surface area contributed by atoms with Crippen LogP contribution in [-0.2, 0) is 10.9 Å². The average molecular weight is 385 g/mol. The number of hydrogen-bond acceptors (Lipinski definition) is 6. The quantitative estimate of drug-likeness (QED) is 0.481. The van der Waals surface area contributed by atoms with Crippen LogP contribution in [-0.4, -0.2) is 34.7 Å². The fraction of sp³-hybridized carbons (Fsp3) is 0.250. The van der Waals surface area contributed by atoms with Gasteiger partial charge in [-0.2, -0.15) is 13.2 Å². The first-order chi connectivity index (χ1) is 12.3. The lowest BCUT2D eigenvalue weighted by Crippen LogP contribution is -2.21. The van der Waals surface area contributed by atoms with Gasteiger partial charge in [-0.05, 0) is 37.4 Å². The normalized spacial score (nSPS) is 11.1. The Morgan fingerprint density at radius 1 is 1.23 bits per heavy atom. The number of carbonyl (C=O) groups excluding carboxylic acids is 2. The smallest absolute Gasteiger partial charge is 0.434 e. The number of thioether (sulfide) groups is 1. The summed E-state index contributed by atoms with van der Waals surface area (Å²) in [6, 6.07) is 5.56. The number of nitrogens with one attached hydrogen (secondary N) is 1. The number of anilines is 1. The second-order valence-corrected chi connectivity index (χ2v) is 5.64. The van der Waals surface area contributed by atoms with Gasteiger partial charge in [0.15, 0.2) is 10.9 Å². The third-order valence-electron chi connectivity index (χ3n) is 3.12. The number of halogens is 3. The summed E-state index contributed by atoms with van der Waals surface area (Å²) >= 11 is 0.934. The molecular weight excluding hydrogens is 371 g/mol. The van der Waals surface area contributed by atoms with E-state index in [1.165, 1.54) is 30.5 Å². The van der Waals surface area contributed by atoms with E-state index in [9.17, 15) is 22.8 Å². The maximum Gasteiger partial charge on any atom is 0.434 e. The lowest BCUT2D eigenvalue weighted by Gasteiger charge is -2.12. The highest BCUT2D eigenvalue weighted by Gasteiger charge is 2.38. The first-order valence-electron chi connectivity index (χ1n) is 7.33. The fourth-order valence-electron chi connectivity index (χ4n) is 1.95. The predicted molar refractivity (Wildman–Crippen MR) is 89.2 cm³/mol. The van der Waals surface area contributed by atoms with Crippen molar-refractivity contribution in [2.75, 3.05) is 18.2 Å². The third-order valence-corrected chi connectivity index (χ3v) is 3.68. The summed E-state index contributed by atoms with van der Waals surface area (Å²) in [5.41, 5.74) is -1.53. The summed E-state index contributed by atoms with van der Waals surface area (Å²) in [6.07, 6.45) is -2.43. The van der Waals surface area contributed by atoms with Crippen LogP contribution in [0.4, 0.5) is 18.9 Å². The summed E-state index contributed by atoms with van der Waals surface area (Å²) < 4.78 is 44.3. The Labute approximate surface area is 151 Å². The van der Waals surface area contributed by atoms with Crippen LogP contribution in [0.15, 0.2) is 35.6 Å². The molecule has 0 saturated heterocycles. The molecule has 0 saturated carbocycles. The Hall–Kier alpha value is -2.62. The van der Waals surface area contributed by atoms with E-state index in [1.807, 2.05) is 0 Å². The lowest BCUT2D eigenvalue weighted by molar-refractivity contribution is -0.142. The predicted octanol–water partition coefficient (Wildman–Crippen LogP) is 3.65. The number of benzene rings is 1. The molecular formula is C16H14F3N3O3S. The molecule has 0 bridgehead atoms. The summed E-state index contributed by atoms with van der Waals surface area (Å²) in [4.78, 5) is 30.9. The number of nitrogens with zero attached hydrogens (tertiary/aromatic N) is 2. The summed E-state index contributed by atoms with van der Waals surface area (Å²) in [5.74, 6) is -1.54. The topological polar surface area (TPSA) is 81.2 Å². The van der Waals surface area contributed by atoms with E-state index in [-0.39, 0.29) is 23.0 Å². The van der Waals surface area contributed by atoms with Gasteiger partial charge in [0.05, 0.1) is 17.7 Å². The second-order valence-electron chi connectivity index (χ2n) is 4.87. The Morgan fingerprint density at radius 2 is 1.88 bits per heavy atom. The summed E-state index contributed by atoms with van der Waals surface area (Å²) in [5, 5.41) is 2.24. The van der Waals surface area contributed by atoms with Crippen LogP contribution in [0.25, 0.3) is 0 Å². The molecule has 0 fully saturated rings. The highest BCUT2D eigenvalue weighted by atomic mass is 32.2. The standard InChI is InChI=1S/C16H14F3N3O3S/c1-3-25-14(24)9-4-6-10(7-5-9)21-13(23)11-8-20-15(26-2)22-12(11)16(17,18)19/h4-8H,3H2,1-2H3,(H,21,23). The first-order valence-corrected chi connectivity index (χ1v) is 8.55. The molecule has 10 heteroatoms. The molecule has 0 radical (unpaired) electrons. The molecule has 0 aliphatic carbocycles. The van der Waals surface area contributed by atoms with Gasteiger partial charge in [0.1, 0.15) is 0 Å². The highest BCUT2D eigenvalue weighted by molar-refractivity contribution is 7.98. The third kappa shape index (κ3) is 4.72. The van der Waals surface area contributed by atoms with Crippen molar-refractivity contribution in [2.24, 2.45) is 0 Å². The van der Waals surface area contributed by atoms with E-state index in [1.54, 1.807) is 6.92 Å². The van der Waals surface area contributed by atoms with Crippen LogP contribution >= 0.6 is 11.8 Å². The number of ether oxygens (including phenoxy) is 1. The molecule has 26 heavy (non-hydrogen) atoms. The molecule has 138 valence electrons. The molecule has 6 nitrogen and oxygen atoms in total. The van der Waals surface area contributed by atoms with E-state index in [0.29, 0.717) is 0 Å². The average Bonchev–Trinajstić information content (AvgIpc) is 2.61. The van der Waals surface area contributed by atoms with Crippen LogP contribution in [0.3, 0.4) is 0 Å². The van der Waals surface area contributed by atoms with Crippen molar-refractivity contribution in [3.63, 3.8) is 0 Å². The molecule has 0 atom stereocenters. The summed E-state index contributed by atoms with van der Waals surface area (Å²) in [7, 11) is 0. The maximum atomic E-state index is 13.1. The van der Waals surface area contributed by atoms with Crippen molar-refractivity contribution in [3.8, 4) is 0 Å². The number of carbonyl (C=O) groups is 2. The van der Waals surface area contributed by atoms with Crippen molar-refractivity contribution in [3.05, 3.63) is 47.3 Å². The maximum absolute atomic E-state index is 13.1. The SMILES string of the molecule is CCOC(=O)c1ccc(NC(=O)c2cnc(SC)nc2C(F)(F)F)cc1. The number of aromatic nitrogens is 2. The highest BCUT2D eigenvalue weighted by Crippen LogP contribution is 2.31. The zero-order valence-electron chi connectivity index (χ0n) is 13.8. The largest absolute Gasteiger partial charge is 0.462 e. The van der Waals surface area contributed by atoms with Crippen molar-refractivity contribution >= 4 is 29.3 Å². The van der Waals surface area contributed by atoms with Gasteiger partial charge >= 0.3 is 12.1 Å². The number of amides is 1. The van der Waals surface area contributed by atoms with Gasteiger partial charge in [-0.15, -0.1) is 0 Å². The number of hydrogen-bond donors (Lipinski definition) is 1. The van der Waals surface area contributed by atoms with E-state index in [2.05, 4.69) is 15.3 Å². The van der Waals surface area contributed by atoms with E-state index in [4.69, 9.17) is 4.74 Å². The minimum absolute atomic E-state index is 0.0901. The number of esters is 1. The van der Waals surface area contributed by atoms with Crippen molar-refractivity contribution in [1.82, 2.24) is 9.97 Å². The molecule has 1 aromatic carbocycles. The van der Waals surface area contributed by atoms with Gasteiger partial charge in [-0.3, -0.25) is 4.79 Å². The Balaban J connectivity index is 2.23. The van der Waals surface area contributed by atoms with Crippen LogP contribution in [0.5, 0.6) is 0 Å². The number of alkyl halides is 3.